The topological polar surface area (TPSA) is 41.8 Å². The van der Waals surface area contributed by atoms with Crippen LogP contribution in [0.25, 0.3) is 0 Å². The third-order valence-corrected chi connectivity index (χ3v) is 7.13. The highest BCUT2D eigenvalue weighted by Crippen LogP contribution is 2.58. The minimum Gasteiger partial charge on any atom is -0.299 e. The van der Waals surface area contributed by atoms with Gasteiger partial charge in [-0.25, -0.2) is 0 Å². The molecular weight excluding hydrogens is 332 g/mol. The molecule has 2 fully saturated rings. The van der Waals surface area contributed by atoms with E-state index in [9.17, 15) is 4.79 Å². The average molecular weight is 365 g/mol. The smallest absolute Gasteiger partial charge is 0.139 e. The van der Waals surface area contributed by atoms with Crippen LogP contribution in [0.2, 0.25) is 0 Å². The van der Waals surface area contributed by atoms with Crippen molar-refractivity contribution >= 4 is 17.2 Å². The SMILES string of the molecule is CCCN=C1C=C2C=C[C@@H]3[C@H](CC[C@]4(C)C(=O)CC[C@@H]34)C2=CC1=NCCC. The van der Waals surface area contributed by atoms with E-state index in [1.165, 1.54) is 11.1 Å². The molecule has 0 bridgehead atoms. The van der Waals surface area contributed by atoms with Gasteiger partial charge in [0, 0.05) is 24.9 Å². The van der Waals surface area contributed by atoms with Gasteiger partial charge in [0.15, 0.2) is 0 Å². The predicted molar refractivity (Wildman–Crippen MR) is 113 cm³/mol. The number of fused-ring (bicyclic) bond motifs is 5. The molecular formula is C24H32N2O. The number of nitrogens with zero attached hydrogens (tertiary/aromatic N) is 2. The Bertz CT molecular complexity index is 782. The third kappa shape index (κ3) is 3.09. The van der Waals surface area contributed by atoms with E-state index < -0.39 is 0 Å². The maximum Gasteiger partial charge on any atom is 0.139 e. The minimum atomic E-state index is -0.0885. The van der Waals surface area contributed by atoms with Gasteiger partial charge in [-0.05, 0) is 73.2 Å². The van der Waals surface area contributed by atoms with Crippen molar-refractivity contribution in [2.45, 2.75) is 59.3 Å². The van der Waals surface area contributed by atoms with Crippen molar-refractivity contribution in [3.63, 3.8) is 0 Å². The van der Waals surface area contributed by atoms with Crippen LogP contribution < -0.4 is 0 Å². The Labute approximate surface area is 163 Å². The molecule has 0 spiro atoms. The predicted octanol–water partition coefficient (Wildman–Crippen LogP) is 5.14. The Kier molecular flexibility index (Phi) is 5.05. The number of hydrogen-bond donors (Lipinski definition) is 0. The van der Waals surface area contributed by atoms with Gasteiger partial charge in [-0.15, -0.1) is 0 Å². The van der Waals surface area contributed by atoms with Crippen molar-refractivity contribution < 1.29 is 4.79 Å². The summed E-state index contributed by atoms with van der Waals surface area (Å²) in [5.74, 6) is 2.04. The van der Waals surface area contributed by atoms with Gasteiger partial charge in [0.1, 0.15) is 5.78 Å². The monoisotopic (exact) mass is 364 g/mol. The molecule has 0 N–H and O–H groups in total. The van der Waals surface area contributed by atoms with Crippen molar-refractivity contribution in [1.29, 1.82) is 0 Å². The molecule has 0 aromatic heterocycles. The molecule has 4 aliphatic rings. The highest BCUT2D eigenvalue weighted by Gasteiger charge is 2.54. The lowest BCUT2D eigenvalue weighted by Crippen LogP contribution is -2.43. The summed E-state index contributed by atoms with van der Waals surface area (Å²) in [5.41, 5.74) is 4.77. The number of hydrogen-bond acceptors (Lipinski definition) is 3. The first-order valence-corrected chi connectivity index (χ1v) is 10.8. The normalized spacial score (nSPS) is 37.7. The summed E-state index contributed by atoms with van der Waals surface area (Å²) in [6.07, 6.45) is 15.4. The first-order valence-electron chi connectivity index (χ1n) is 10.8. The van der Waals surface area contributed by atoms with Gasteiger partial charge < -0.3 is 0 Å². The second kappa shape index (κ2) is 7.33. The van der Waals surface area contributed by atoms with Crippen molar-refractivity contribution in [1.82, 2.24) is 0 Å². The van der Waals surface area contributed by atoms with E-state index in [1.54, 1.807) is 0 Å². The van der Waals surface area contributed by atoms with Crippen LogP contribution in [0, 0.1) is 23.2 Å². The minimum absolute atomic E-state index is 0.0885. The molecule has 0 aliphatic heterocycles. The van der Waals surface area contributed by atoms with E-state index in [4.69, 9.17) is 9.98 Å². The van der Waals surface area contributed by atoms with Crippen molar-refractivity contribution in [3.05, 3.63) is 35.5 Å². The van der Waals surface area contributed by atoms with Gasteiger partial charge in [0.05, 0.1) is 11.4 Å². The molecule has 2 saturated carbocycles. The van der Waals surface area contributed by atoms with Crippen LogP contribution in [0.3, 0.4) is 0 Å². The zero-order valence-corrected chi connectivity index (χ0v) is 17.0. The van der Waals surface area contributed by atoms with E-state index in [0.29, 0.717) is 23.5 Å². The molecule has 4 rings (SSSR count). The van der Waals surface area contributed by atoms with Gasteiger partial charge in [-0.2, -0.15) is 0 Å². The van der Waals surface area contributed by atoms with Crippen LogP contribution in [0.15, 0.2) is 45.4 Å². The maximum absolute atomic E-state index is 12.5. The second-order valence-electron chi connectivity index (χ2n) is 8.80. The van der Waals surface area contributed by atoms with Crippen LogP contribution >= 0.6 is 0 Å². The lowest BCUT2D eigenvalue weighted by Gasteiger charge is -2.47. The molecule has 4 atom stereocenters. The average Bonchev–Trinajstić information content (AvgIpc) is 2.99. The lowest BCUT2D eigenvalue weighted by atomic mass is 9.56. The van der Waals surface area contributed by atoms with Crippen LogP contribution in [-0.2, 0) is 4.79 Å². The lowest BCUT2D eigenvalue weighted by molar-refractivity contribution is -0.128. The fraction of sp³-hybridized carbons (Fsp3) is 0.625. The molecule has 3 heteroatoms. The molecule has 3 nitrogen and oxygen atoms in total. The fourth-order valence-corrected chi connectivity index (χ4v) is 5.61. The quantitative estimate of drug-likeness (QED) is 0.637. The highest BCUT2D eigenvalue weighted by atomic mass is 16.1. The van der Waals surface area contributed by atoms with Gasteiger partial charge in [-0.3, -0.25) is 14.8 Å². The third-order valence-electron chi connectivity index (χ3n) is 7.13. The molecule has 0 amide bonds. The Hall–Kier alpha value is -1.77. The van der Waals surface area contributed by atoms with E-state index in [2.05, 4.69) is 45.1 Å². The summed E-state index contributed by atoms with van der Waals surface area (Å²) in [6, 6.07) is 0. The number of allylic oxidation sites excluding steroid dienone is 6. The van der Waals surface area contributed by atoms with Crippen LogP contribution in [0.5, 0.6) is 0 Å². The molecule has 0 heterocycles. The Morgan fingerprint density at radius 2 is 1.78 bits per heavy atom. The zero-order chi connectivity index (χ0) is 19.0. The Morgan fingerprint density at radius 3 is 2.48 bits per heavy atom. The molecule has 0 radical (unpaired) electrons. The van der Waals surface area contributed by atoms with Crippen molar-refractivity contribution in [2.24, 2.45) is 33.2 Å². The molecule has 4 aliphatic carbocycles. The van der Waals surface area contributed by atoms with Gasteiger partial charge >= 0.3 is 0 Å². The van der Waals surface area contributed by atoms with Crippen LogP contribution in [0.1, 0.15) is 59.3 Å². The first-order chi connectivity index (χ1) is 13.1. The standard InChI is InChI=1S/C24H32N2O/c1-4-12-25-21-14-16-6-7-18-17(19(16)15-22(21)26-13-5-2)10-11-24(3)20(18)8-9-23(24)27/h6-7,14-15,17-18,20H,4-5,8-13H2,1-3H3/t17-,18+,20-,24-/m0/s1. The highest BCUT2D eigenvalue weighted by molar-refractivity contribution is 6.51. The maximum atomic E-state index is 12.5. The molecule has 0 aromatic carbocycles. The summed E-state index contributed by atoms with van der Waals surface area (Å²) >= 11 is 0. The van der Waals surface area contributed by atoms with Gasteiger partial charge in [-0.1, -0.05) is 32.9 Å². The number of Topliss-reactive ketones (excluding diaryl/α,β-unsaturated/α-hetero) is 1. The van der Waals surface area contributed by atoms with Crippen LogP contribution in [0.4, 0.5) is 0 Å². The zero-order valence-electron chi connectivity index (χ0n) is 17.0. The molecule has 0 aromatic rings. The van der Waals surface area contributed by atoms with Gasteiger partial charge in [0.2, 0.25) is 0 Å². The summed E-state index contributed by atoms with van der Waals surface area (Å²) in [7, 11) is 0. The number of rotatable bonds is 4. The summed E-state index contributed by atoms with van der Waals surface area (Å²) in [4.78, 5) is 22.2. The number of carbonyl (C=O) groups excluding carboxylic acids is 1. The molecule has 0 saturated heterocycles. The summed E-state index contributed by atoms with van der Waals surface area (Å²) in [6.45, 7) is 8.26. The Morgan fingerprint density at radius 1 is 1.07 bits per heavy atom. The molecule has 144 valence electrons. The fourth-order valence-electron chi connectivity index (χ4n) is 5.61. The van der Waals surface area contributed by atoms with Crippen LogP contribution in [-0.4, -0.2) is 30.3 Å². The summed E-state index contributed by atoms with van der Waals surface area (Å²) in [5, 5.41) is 0. The van der Waals surface area contributed by atoms with Crippen molar-refractivity contribution in [2.75, 3.05) is 13.1 Å². The largest absolute Gasteiger partial charge is 0.299 e. The molecule has 27 heavy (non-hydrogen) atoms. The van der Waals surface area contributed by atoms with E-state index in [1.807, 2.05) is 0 Å². The van der Waals surface area contributed by atoms with Gasteiger partial charge in [0.25, 0.3) is 0 Å². The second-order valence-corrected chi connectivity index (χ2v) is 8.80. The Balaban J connectivity index is 1.71. The number of carbonyl (C=O) groups is 1. The van der Waals surface area contributed by atoms with E-state index in [-0.39, 0.29) is 5.41 Å². The number of aliphatic imine (C=N–C) groups is 2. The van der Waals surface area contributed by atoms with E-state index in [0.717, 1.165) is 63.0 Å². The number of ketones is 1. The first kappa shape index (κ1) is 18.6. The molecule has 0 unspecified atom stereocenters. The van der Waals surface area contributed by atoms with Crippen molar-refractivity contribution in [3.8, 4) is 0 Å². The van der Waals surface area contributed by atoms with E-state index >= 15 is 0 Å². The summed E-state index contributed by atoms with van der Waals surface area (Å²) < 4.78 is 0.